The summed E-state index contributed by atoms with van der Waals surface area (Å²) in [4.78, 5) is 39.8. The average molecular weight is 397 g/mol. The third kappa shape index (κ3) is 5.18. The molecule has 1 aliphatic heterocycles. The van der Waals surface area contributed by atoms with E-state index in [0.717, 1.165) is 0 Å². The number of benzene rings is 1. The average Bonchev–Trinajstić information content (AvgIpc) is 2.69. The van der Waals surface area contributed by atoms with Gasteiger partial charge in [0.15, 0.2) is 0 Å². The molecule has 2 rings (SSSR count). The maximum Gasteiger partial charge on any atom is 0.327 e. The fourth-order valence-electron chi connectivity index (χ4n) is 3.11. The second-order valence-corrected chi connectivity index (χ2v) is 6.67. The Morgan fingerprint density at radius 3 is 2.26 bits per heavy atom. The Morgan fingerprint density at radius 1 is 1.11 bits per heavy atom. The van der Waals surface area contributed by atoms with E-state index in [9.17, 15) is 14.4 Å². The molecular weight excluding hydrogens is 372 g/mol. The Hall–Kier alpha value is -2.16. The van der Waals surface area contributed by atoms with Gasteiger partial charge in [0.1, 0.15) is 6.04 Å². The summed E-state index contributed by atoms with van der Waals surface area (Å²) in [6, 6.07) is 5.62. The molecule has 0 spiro atoms. The van der Waals surface area contributed by atoms with E-state index in [1.165, 1.54) is 14.2 Å². The minimum Gasteiger partial charge on any atom is -0.468 e. The zero-order valence-corrected chi connectivity index (χ0v) is 16.5. The molecule has 1 aromatic rings. The van der Waals surface area contributed by atoms with Gasteiger partial charge in [-0.15, -0.1) is 0 Å². The highest BCUT2D eigenvalue weighted by atomic mass is 35.5. The van der Waals surface area contributed by atoms with Crippen molar-refractivity contribution in [3.05, 3.63) is 34.9 Å². The van der Waals surface area contributed by atoms with E-state index in [-0.39, 0.29) is 11.9 Å². The highest BCUT2D eigenvalue weighted by molar-refractivity contribution is 6.31. The van der Waals surface area contributed by atoms with E-state index in [0.29, 0.717) is 36.8 Å². The van der Waals surface area contributed by atoms with Gasteiger partial charge in [0.2, 0.25) is 5.91 Å². The standard InChI is InChI=1S/C18H25ClN4O4/c1-12(16(24)21-18(26)20-2)22-8-10-23(11-9-22)15(17(25)27-3)13-6-4-5-7-14(13)19/h4-7,12,15H,8-11H2,1-3H3,(H2,20,21,24,26). The molecule has 9 heteroatoms. The molecule has 1 aromatic carbocycles. The molecule has 0 bridgehead atoms. The highest BCUT2D eigenvalue weighted by Gasteiger charge is 2.34. The SMILES string of the molecule is CNC(=O)NC(=O)C(C)N1CCN(C(C(=O)OC)c2ccccc2Cl)CC1. The topological polar surface area (TPSA) is 91.0 Å². The van der Waals surface area contributed by atoms with Crippen LogP contribution in [0.2, 0.25) is 5.02 Å². The summed E-state index contributed by atoms with van der Waals surface area (Å²) < 4.78 is 4.98. The summed E-state index contributed by atoms with van der Waals surface area (Å²) in [6.07, 6.45) is 0. The number of methoxy groups -OCH3 is 1. The molecule has 0 radical (unpaired) electrons. The van der Waals surface area contributed by atoms with E-state index in [1.54, 1.807) is 13.0 Å². The van der Waals surface area contributed by atoms with Crippen LogP contribution in [-0.2, 0) is 14.3 Å². The van der Waals surface area contributed by atoms with Gasteiger partial charge in [0, 0.05) is 38.2 Å². The monoisotopic (exact) mass is 396 g/mol. The Balaban J connectivity index is 2.05. The van der Waals surface area contributed by atoms with Crippen LogP contribution in [0, 0.1) is 0 Å². The van der Waals surface area contributed by atoms with Crippen LogP contribution in [0.1, 0.15) is 18.5 Å². The van der Waals surface area contributed by atoms with E-state index < -0.39 is 18.1 Å². The van der Waals surface area contributed by atoms with Gasteiger partial charge in [-0.2, -0.15) is 0 Å². The molecule has 2 atom stereocenters. The summed E-state index contributed by atoms with van der Waals surface area (Å²) >= 11 is 6.29. The molecule has 0 aliphatic carbocycles. The van der Waals surface area contributed by atoms with Crippen LogP contribution >= 0.6 is 11.6 Å². The maximum absolute atomic E-state index is 12.4. The van der Waals surface area contributed by atoms with E-state index in [2.05, 4.69) is 10.6 Å². The molecule has 3 amide bonds. The molecule has 148 valence electrons. The molecular formula is C18H25ClN4O4. The van der Waals surface area contributed by atoms with Gasteiger partial charge >= 0.3 is 12.0 Å². The van der Waals surface area contributed by atoms with Crippen molar-refractivity contribution in [1.82, 2.24) is 20.4 Å². The van der Waals surface area contributed by atoms with Crippen molar-refractivity contribution >= 4 is 29.5 Å². The molecule has 0 aromatic heterocycles. The molecule has 1 saturated heterocycles. The number of ether oxygens (including phenoxy) is 1. The second kappa shape index (κ2) is 9.68. The molecule has 8 nitrogen and oxygen atoms in total. The fourth-order valence-corrected chi connectivity index (χ4v) is 3.35. The molecule has 0 saturated carbocycles. The minimum absolute atomic E-state index is 0.363. The lowest BCUT2D eigenvalue weighted by atomic mass is 10.0. The van der Waals surface area contributed by atoms with Crippen LogP contribution in [0.15, 0.2) is 24.3 Å². The summed E-state index contributed by atoms with van der Waals surface area (Å²) in [7, 11) is 2.81. The van der Waals surface area contributed by atoms with Crippen molar-refractivity contribution in [1.29, 1.82) is 0 Å². The van der Waals surface area contributed by atoms with Crippen LogP contribution in [0.4, 0.5) is 4.79 Å². The first kappa shape index (κ1) is 21.1. The summed E-state index contributed by atoms with van der Waals surface area (Å²) in [5.74, 6) is -0.736. The van der Waals surface area contributed by atoms with Crippen LogP contribution in [-0.4, -0.2) is 74.1 Å². The van der Waals surface area contributed by atoms with Gasteiger partial charge in [-0.05, 0) is 18.6 Å². The number of hydrogen-bond acceptors (Lipinski definition) is 6. The maximum atomic E-state index is 12.4. The number of carbonyl (C=O) groups excluding carboxylic acids is 3. The van der Waals surface area contributed by atoms with Crippen molar-refractivity contribution in [3.63, 3.8) is 0 Å². The first-order chi connectivity index (χ1) is 12.9. The van der Waals surface area contributed by atoms with Crippen LogP contribution in [0.25, 0.3) is 0 Å². The van der Waals surface area contributed by atoms with Crippen LogP contribution in [0.5, 0.6) is 0 Å². The number of esters is 1. The van der Waals surface area contributed by atoms with E-state index in [1.807, 2.05) is 28.0 Å². The Morgan fingerprint density at radius 2 is 1.70 bits per heavy atom. The predicted molar refractivity (Wildman–Crippen MR) is 101 cm³/mol. The third-order valence-electron chi connectivity index (χ3n) is 4.73. The lowest BCUT2D eigenvalue weighted by Crippen LogP contribution is -2.56. The van der Waals surface area contributed by atoms with Crippen molar-refractivity contribution < 1.29 is 19.1 Å². The quantitative estimate of drug-likeness (QED) is 0.722. The minimum atomic E-state index is -0.596. The van der Waals surface area contributed by atoms with Gasteiger partial charge in [-0.25, -0.2) is 9.59 Å². The van der Waals surface area contributed by atoms with Gasteiger partial charge in [0.05, 0.1) is 13.2 Å². The van der Waals surface area contributed by atoms with Gasteiger partial charge in [0.25, 0.3) is 0 Å². The number of rotatable bonds is 5. The van der Waals surface area contributed by atoms with Crippen LogP contribution in [0.3, 0.4) is 0 Å². The zero-order valence-electron chi connectivity index (χ0n) is 15.7. The Labute approximate surface area is 163 Å². The number of halogens is 1. The lowest BCUT2D eigenvalue weighted by Gasteiger charge is -2.40. The molecule has 2 N–H and O–H groups in total. The number of amides is 3. The smallest absolute Gasteiger partial charge is 0.327 e. The second-order valence-electron chi connectivity index (χ2n) is 6.26. The lowest BCUT2D eigenvalue weighted by molar-refractivity contribution is -0.148. The molecule has 1 aliphatic rings. The number of imide groups is 1. The predicted octanol–water partition coefficient (Wildman–Crippen LogP) is 1.02. The Kier molecular flexibility index (Phi) is 7.58. The highest BCUT2D eigenvalue weighted by Crippen LogP contribution is 2.29. The molecule has 27 heavy (non-hydrogen) atoms. The van der Waals surface area contributed by atoms with E-state index in [4.69, 9.17) is 16.3 Å². The zero-order chi connectivity index (χ0) is 20.0. The number of piperazine rings is 1. The summed E-state index contributed by atoms with van der Waals surface area (Å²) in [6.45, 7) is 4.01. The molecule has 1 fully saturated rings. The largest absolute Gasteiger partial charge is 0.468 e. The van der Waals surface area contributed by atoms with Crippen molar-refractivity contribution in [3.8, 4) is 0 Å². The third-order valence-corrected chi connectivity index (χ3v) is 5.07. The number of nitrogens with zero attached hydrogens (tertiary/aromatic N) is 2. The number of carbonyl (C=O) groups is 3. The van der Waals surface area contributed by atoms with Gasteiger partial charge < -0.3 is 10.1 Å². The number of urea groups is 1. The van der Waals surface area contributed by atoms with Gasteiger partial charge in [-0.3, -0.25) is 19.9 Å². The normalized spacial score (nSPS) is 17.6. The van der Waals surface area contributed by atoms with Gasteiger partial charge in [-0.1, -0.05) is 29.8 Å². The van der Waals surface area contributed by atoms with Crippen molar-refractivity contribution in [2.24, 2.45) is 0 Å². The number of nitrogens with one attached hydrogen (secondary N) is 2. The number of hydrogen-bond donors (Lipinski definition) is 2. The van der Waals surface area contributed by atoms with Crippen molar-refractivity contribution in [2.75, 3.05) is 40.3 Å². The summed E-state index contributed by atoms with van der Waals surface area (Å²) in [5, 5.41) is 5.15. The first-order valence-electron chi connectivity index (χ1n) is 8.72. The molecule has 2 unspecified atom stereocenters. The summed E-state index contributed by atoms with van der Waals surface area (Å²) in [5.41, 5.74) is 0.699. The fraction of sp³-hybridized carbons (Fsp3) is 0.500. The Bertz CT molecular complexity index is 692. The molecule has 1 heterocycles. The first-order valence-corrected chi connectivity index (χ1v) is 9.09. The van der Waals surface area contributed by atoms with E-state index >= 15 is 0 Å². The van der Waals surface area contributed by atoms with Crippen LogP contribution < -0.4 is 10.6 Å². The van der Waals surface area contributed by atoms with Crippen molar-refractivity contribution in [2.45, 2.75) is 19.0 Å².